The van der Waals surface area contributed by atoms with Crippen LogP contribution in [0.4, 0.5) is 5.69 Å². The fraction of sp³-hybridized carbons (Fsp3) is 0.294. The molecule has 7 nitrogen and oxygen atoms in total. The van der Waals surface area contributed by atoms with Crippen LogP contribution >= 0.6 is 0 Å². The van der Waals surface area contributed by atoms with E-state index < -0.39 is 18.5 Å². The van der Waals surface area contributed by atoms with E-state index in [1.807, 2.05) is 19.9 Å². The number of amides is 1. The van der Waals surface area contributed by atoms with Crippen LogP contribution < -0.4 is 5.32 Å². The van der Waals surface area contributed by atoms with Crippen LogP contribution in [0, 0.1) is 18.3 Å². The lowest BCUT2D eigenvalue weighted by molar-refractivity contribution is -0.119. The van der Waals surface area contributed by atoms with Crippen molar-refractivity contribution in [3.63, 3.8) is 0 Å². The van der Waals surface area contributed by atoms with Gasteiger partial charge in [-0.1, -0.05) is 25.1 Å². The molecule has 0 atom stereocenters. The van der Waals surface area contributed by atoms with E-state index in [-0.39, 0.29) is 11.5 Å². The number of nitriles is 1. The summed E-state index contributed by atoms with van der Waals surface area (Å²) in [5.41, 5.74) is 1.56. The summed E-state index contributed by atoms with van der Waals surface area (Å²) in [4.78, 5) is 24.0. The molecule has 1 amide bonds. The third-order valence-electron chi connectivity index (χ3n) is 3.23. The fourth-order valence-corrected chi connectivity index (χ4v) is 2.10. The Morgan fingerprint density at radius 3 is 2.83 bits per heavy atom. The van der Waals surface area contributed by atoms with Gasteiger partial charge < -0.3 is 14.6 Å². The standard InChI is InChI=1S/C17H17N3O4/c1-10(2)16-15(11(3)20-24-16)17(22)23-9-14(21)19-13-6-4-5-12(7-13)8-18/h4-7,10H,9H2,1-3H3,(H,19,21). The molecule has 0 aliphatic rings. The van der Waals surface area contributed by atoms with Gasteiger partial charge in [0, 0.05) is 11.6 Å². The van der Waals surface area contributed by atoms with E-state index in [0.717, 1.165) is 0 Å². The van der Waals surface area contributed by atoms with Crippen molar-refractivity contribution in [2.45, 2.75) is 26.7 Å². The first-order chi connectivity index (χ1) is 11.4. The molecule has 1 aromatic heterocycles. The zero-order valence-electron chi connectivity index (χ0n) is 13.6. The number of carbonyl (C=O) groups is 2. The van der Waals surface area contributed by atoms with Crippen LogP contribution in [-0.4, -0.2) is 23.6 Å². The van der Waals surface area contributed by atoms with Gasteiger partial charge in [0.05, 0.1) is 17.3 Å². The van der Waals surface area contributed by atoms with Gasteiger partial charge in [0.15, 0.2) is 12.4 Å². The molecule has 2 aromatic rings. The van der Waals surface area contributed by atoms with E-state index in [4.69, 9.17) is 14.5 Å². The van der Waals surface area contributed by atoms with Gasteiger partial charge in [0.1, 0.15) is 5.56 Å². The van der Waals surface area contributed by atoms with E-state index >= 15 is 0 Å². The maximum absolute atomic E-state index is 12.2. The molecule has 124 valence electrons. The number of rotatable bonds is 5. The predicted octanol–water partition coefficient (Wildman–Crippen LogP) is 2.77. The van der Waals surface area contributed by atoms with Crippen LogP contribution in [0.25, 0.3) is 0 Å². The van der Waals surface area contributed by atoms with Gasteiger partial charge in [0.25, 0.3) is 5.91 Å². The van der Waals surface area contributed by atoms with Gasteiger partial charge in [-0.15, -0.1) is 0 Å². The Labute approximate surface area is 139 Å². The molecule has 0 aliphatic carbocycles. The third kappa shape index (κ3) is 3.98. The fourth-order valence-electron chi connectivity index (χ4n) is 2.10. The lowest BCUT2D eigenvalue weighted by atomic mass is 10.1. The molecule has 1 aromatic carbocycles. The zero-order valence-corrected chi connectivity index (χ0v) is 13.6. The Kier molecular flexibility index (Phi) is 5.32. The van der Waals surface area contributed by atoms with Gasteiger partial charge in [-0.05, 0) is 25.1 Å². The van der Waals surface area contributed by atoms with E-state index in [1.165, 1.54) is 6.07 Å². The predicted molar refractivity (Wildman–Crippen MR) is 85.4 cm³/mol. The molecular weight excluding hydrogens is 310 g/mol. The lowest BCUT2D eigenvalue weighted by Gasteiger charge is -2.08. The molecule has 0 fully saturated rings. The van der Waals surface area contributed by atoms with E-state index in [2.05, 4.69) is 10.5 Å². The third-order valence-corrected chi connectivity index (χ3v) is 3.23. The van der Waals surface area contributed by atoms with Crippen molar-refractivity contribution in [2.75, 3.05) is 11.9 Å². The van der Waals surface area contributed by atoms with Gasteiger partial charge in [0.2, 0.25) is 0 Å². The van der Waals surface area contributed by atoms with Gasteiger partial charge >= 0.3 is 5.97 Å². The second-order valence-corrected chi connectivity index (χ2v) is 5.48. The highest BCUT2D eigenvalue weighted by Gasteiger charge is 2.24. The molecule has 0 spiro atoms. The number of aromatic nitrogens is 1. The Hall–Kier alpha value is -3.14. The minimum atomic E-state index is -0.654. The number of anilines is 1. The highest BCUT2D eigenvalue weighted by Crippen LogP contribution is 2.22. The van der Waals surface area contributed by atoms with Crippen molar-refractivity contribution >= 4 is 17.6 Å². The summed E-state index contributed by atoms with van der Waals surface area (Å²) in [6, 6.07) is 8.42. The van der Waals surface area contributed by atoms with Crippen LogP contribution in [0.2, 0.25) is 0 Å². The molecule has 1 N–H and O–H groups in total. The lowest BCUT2D eigenvalue weighted by Crippen LogP contribution is -2.21. The van der Waals surface area contributed by atoms with Crippen LogP contribution in [0.1, 0.15) is 47.1 Å². The summed E-state index contributed by atoms with van der Waals surface area (Å²) < 4.78 is 10.2. The van der Waals surface area contributed by atoms with Gasteiger partial charge in [-0.3, -0.25) is 4.79 Å². The number of hydrogen-bond acceptors (Lipinski definition) is 6. The molecule has 0 bridgehead atoms. The molecule has 2 rings (SSSR count). The number of aryl methyl sites for hydroxylation is 1. The quantitative estimate of drug-likeness (QED) is 0.847. The topological polar surface area (TPSA) is 105 Å². The maximum Gasteiger partial charge on any atom is 0.344 e. The summed E-state index contributed by atoms with van der Waals surface area (Å²) in [7, 11) is 0. The number of hydrogen-bond donors (Lipinski definition) is 1. The van der Waals surface area contributed by atoms with E-state index in [9.17, 15) is 9.59 Å². The molecule has 0 radical (unpaired) electrons. The second kappa shape index (κ2) is 7.42. The molecular formula is C17H17N3O4. The average Bonchev–Trinajstić information content (AvgIpc) is 2.94. The molecule has 0 saturated carbocycles. The Morgan fingerprint density at radius 1 is 1.42 bits per heavy atom. The van der Waals surface area contributed by atoms with Crippen molar-refractivity contribution in [1.82, 2.24) is 5.16 Å². The summed E-state index contributed by atoms with van der Waals surface area (Å²) in [6.07, 6.45) is 0. The van der Waals surface area contributed by atoms with Gasteiger partial charge in [-0.2, -0.15) is 5.26 Å². The monoisotopic (exact) mass is 327 g/mol. The molecule has 0 saturated heterocycles. The first-order valence-electron chi connectivity index (χ1n) is 7.35. The highest BCUT2D eigenvalue weighted by molar-refractivity contribution is 5.96. The normalized spacial score (nSPS) is 10.3. The number of benzene rings is 1. The Balaban J connectivity index is 1.98. The molecule has 24 heavy (non-hydrogen) atoms. The number of nitrogens with one attached hydrogen (secondary N) is 1. The summed E-state index contributed by atoms with van der Waals surface area (Å²) in [6.45, 7) is 4.93. The number of ether oxygens (including phenoxy) is 1. The first-order valence-corrected chi connectivity index (χ1v) is 7.35. The largest absolute Gasteiger partial charge is 0.452 e. The summed E-state index contributed by atoms with van der Waals surface area (Å²) in [5.74, 6) is -0.757. The summed E-state index contributed by atoms with van der Waals surface area (Å²) in [5, 5.41) is 15.2. The van der Waals surface area contributed by atoms with Crippen LogP contribution in [0.5, 0.6) is 0 Å². The second-order valence-electron chi connectivity index (χ2n) is 5.48. The zero-order chi connectivity index (χ0) is 17.7. The molecule has 7 heteroatoms. The van der Waals surface area contributed by atoms with Crippen LogP contribution in [0.3, 0.4) is 0 Å². The van der Waals surface area contributed by atoms with Crippen molar-refractivity contribution in [3.8, 4) is 6.07 Å². The molecule has 0 unspecified atom stereocenters. The number of esters is 1. The van der Waals surface area contributed by atoms with Crippen molar-refractivity contribution in [2.24, 2.45) is 0 Å². The summed E-state index contributed by atoms with van der Waals surface area (Å²) >= 11 is 0. The SMILES string of the molecule is Cc1noc(C(C)C)c1C(=O)OCC(=O)Nc1cccc(C#N)c1. The number of carbonyl (C=O) groups excluding carboxylic acids is 2. The van der Waals surface area contributed by atoms with Crippen molar-refractivity contribution in [1.29, 1.82) is 5.26 Å². The Bertz CT molecular complexity index is 802. The average molecular weight is 327 g/mol. The highest BCUT2D eigenvalue weighted by atomic mass is 16.5. The minimum absolute atomic E-state index is 0.0312. The maximum atomic E-state index is 12.2. The van der Waals surface area contributed by atoms with Crippen molar-refractivity contribution < 1.29 is 18.8 Å². The number of nitrogens with zero attached hydrogens (tertiary/aromatic N) is 2. The molecule has 1 heterocycles. The molecule has 0 aliphatic heterocycles. The smallest absolute Gasteiger partial charge is 0.344 e. The van der Waals surface area contributed by atoms with E-state index in [1.54, 1.807) is 25.1 Å². The van der Waals surface area contributed by atoms with E-state index in [0.29, 0.717) is 22.7 Å². The van der Waals surface area contributed by atoms with Gasteiger partial charge in [-0.25, -0.2) is 4.79 Å². The first kappa shape index (κ1) is 17.2. The Morgan fingerprint density at radius 2 is 2.17 bits per heavy atom. The van der Waals surface area contributed by atoms with Crippen LogP contribution in [-0.2, 0) is 9.53 Å². The van der Waals surface area contributed by atoms with Crippen molar-refractivity contribution in [3.05, 3.63) is 46.8 Å². The van der Waals surface area contributed by atoms with Crippen LogP contribution in [0.15, 0.2) is 28.8 Å². The minimum Gasteiger partial charge on any atom is -0.452 e.